The summed E-state index contributed by atoms with van der Waals surface area (Å²) in [5.41, 5.74) is 0. The van der Waals surface area contributed by atoms with E-state index in [0.29, 0.717) is 16.6 Å². The average molecular weight is 407 g/mol. The van der Waals surface area contributed by atoms with Crippen LogP contribution in [0.4, 0.5) is 0 Å². The van der Waals surface area contributed by atoms with Crippen molar-refractivity contribution in [1.82, 2.24) is 4.72 Å². The van der Waals surface area contributed by atoms with Crippen molar-refractivity contribution >= 4 is 32.6 Å². The minimum Gasteiger partial charge on any atom is -0.496 e. The lowest BCUT2D eigenvalue weighted by molar-refractivity contribution is 0.390. The van der Waals surface area contributed by atoms with E-state index in [4.69, 9.17) is 4.74 Å². The predicted octanol–water partition coefficient (Wildman–Crippen LogP) is 2.77. The number of nitrogens with one attached hydrogen (secondary N) is 1. The number of methoxy groups -OCH3 is 1. The third-order valence-corrected chi connectivity index (χ3v) is 6.81. The predicted molar refractivity (Wildman–Crippen MR) is 85.3 cm³/mol. The highest BCUT2D eigenvalue weighted by molar-refractivity contribution is 14.1. The number of benzene rings is 1. The number of sulfonamides is 1. The number of halogens is 1. The molecule has 0 aromatic heterocycles. The van der Waals surface area contributed by atoms with Crippen LogP contribution >= 0.6 is 22.6 Å². The van der Waals surface area contributed by atoms with Gasteiger partial charge in [-0.1, -0.05) is 6.42 Å². The lowest BCUT2D eigenvalue weighted by Crippen LogP contribution is -2.38. The van der Waals surface area contributed by atoms with Gasteiger partial charge in [0.05, 0.1) is 15.6 Å². The van der Waals surface area contributed by atoms with E-state index < -0.39 is 10.0 Å². The summed E-state index contributed by atoms with van der Waals surface area (Å²) in [5.74, 6) is 1.96. The summed E-state index contributed by atoms with van der Waals surface area (Å²) in [5, 5.41) is 0. The fraction of sp³-hybridized carbons (Fsp3) is 0.571. The Labute approximate surface area is 133 Å². The standard InChI is InChI=1S/C14H18INO3S/c1-19-14-5-4-11(8-12(14)15)20(17,18)16-13-7-9-2-3-10(13)6-9/h4-5,8-10,13,16H,2-3,6-7H2,1H3. The molecule has 0 saturated heterocycles. The van der Waals surface area contributed by atoms with Crippen LogP contribution in [-0.2, 0) is 10.0 Å². The molecule has 0 radical (unpaired) electrons. The van der Waals surface area contributed by atoms with Gasteiger partial charge in [0.1, 0.15) is 5.75 Å². The second-order valence-electron chi connectivity index (χ2n) is 5.70. The number of fused-ring (bicyclic) bond motifs is 2. The largest absolute Gasteiger partial charge is 0.496 e. The van der Waals surface area contributed by atoms with Gasteiger partial charge < -0.3 is 4.74 Å². The van der Waals surface area contributed by atoms with Crippen molar-refractivity contribution < 1.29 is 13.2 Å². The summed E-state index contributed by atoms with van der Waals surface area (Å²) in [6.45, 7) is 0. The summed E-state index contributed by atoms with van der Waals surface area (Å²) in [6, 6.07) is 5.10. The topological polar surface area (TPSA) is 55.4 Å². The lowest BCUT2D eigenvalue weighted by atomic mass is 9.96. The second-order valence-corrected chi connectivity index (χ2v) is 8.58. The van der Waals surface area contributed by atoms with Crippen molar-refractivity contribution in [3.05, 3.63) is 21.8 Å². The Morgan fingerprint density at radius 1 is 1.30 bits per heavy atom. The van der Waals surface area contributed by atoms with E-state index in [2.05, 4.69) is 27.3 Å². The highest BCUT2D eigenvalue weighted by Gasteiger charge is 2.41. The molecule has 1 N–H and O–H groups in total. The van der Waals surface area contributed by atoms with Gasteiger partial charge in [-0.05, 0) is 71.9 Å². The number of hydrogen-bond donors (Lipinski definition) is 1. The van der Waals surface area contributed by atoms with Gasteiger partial charge in [0.15, 0.2) is 0 Å². The van der Waals surface area contributed by atoms with Crippen molar-refractivity contribution in [3.8, 4) is 5.75 Å². The molecule has 3 unspecified atom stereocenters. The molecule has 1 aromatic rings. The quantitative estimate of drug-likeness (QED) is 0.782. The molecule has 2 saturated carbocycles. The summed E-state index contributed by atoms with van der Waals surface area (Å²) in [4.78, 5) is 0.325. The molecule has 6 heteroatoms. The molecule has 3 atom stereocenters. The van der Waals surface area contributed by atoms with E-state index in [1.54, 1.807) is 25.3 Å². The van der Waals surface area contributed by atoms with E-state index >= 15 is 0 Å². The minimum absolute atomic E-state index is 0.124. The van der Waals surface area contributed by atoms with Crippen LogP contribution in [0.5, 0.6) is 5.75 Å². The van der Waals surface area contributed by atoms with Gasteiger partial charge in [-0.3, -0.25) is 0 Å². The highest BCUT2D eigenvalue weighted by atomic mass is 127. The van der Waals surface area contributed by atoms with Crippen molar-refractivity contribution in [2.24, 2.45) is 11.8 Å². The van der Waals surface area contributed by atoms with Gasteiger partial charge in [-0.2, -0.15) is 0 Å². The fourth-order valence-electron chi connectivity index (χ4n) is 3.47. The molecular weight excluding hydrogens is 389 g/mol. The molecule has 0 amide bonds. The second kappa shape index (κ2) is 5.46. The third kappa shape index (κ3) is 2.69. The smallest absolute Gasteiger partial charge is 0.240 e. The maximum absolute atomic E-state index is 12.5. The van der Waals surface area contributed by atoms with E-state index in [9.17, 15) is 8.42 Å². The first-order valence-electron chi connectivity index (χ1n) is 6.85. The molecule has 110 valence electrons. The Hall–Kier alpha value is -0.340. The zero-order chi connectivity index (χ0) is 14.3. The maximum Gasteiger partial charge on any atom is 0.240 e. The van der Waals surface area contributed by atoms with E-state index in [0.717, 1.165) is 22.3 Å². The van der Waals surface area contributed by atoms with Crippen molar-refractivity contribution in [1.29, 1.82) is 0 Å². The van der Waals surface area contributed by atoms with Gasteiger partial charge in [0, 0.05) is 6.04 Å². The van der Waals surface area contributed by atoms with Crippen LogP contribution in [0, 0.1) is 15.4 Å². The molecule has 2 bridgehead atoms. The number of rotatable bonds is 4. The summed E-state index contributed by atoms with van der Waals surface area (Å²) in [6.07, 6.45) is 4.62. The SMILES string of the molecule is COc1ccc(S(=O)(=O)NC2CC3CCC2C3)cc1I. The monoisotopic (exact) mass is 407 g/mol. The van der Waals surface area contributed by atoms with Crippen LogP contribution in [0.3, 0.4) is 0 Å². The molecule has 2 aliphatic rings. The molecule has 2 aliphatic carbocycles. The molecular formula is C14H18INO3S. The first-order chi connectivity index (χ1) is 9.49. The number of ether oxygens (including phenoxy) is 1. The van der Waals surface area contributed by atoms with E-state index in [-0.39, 0.29) is 6.04 Å². The van der Waals surface area contributed by atoms with Crippen LogP contribution in [0.25, 0.3) is 0 Å². The van der Waals surface area contributed by atoms with E-state index in [1.807, 2.05) is 0 Å². The van der Waals surface area contributed by atoms with Crippen molar-refractivity contribution in [2.45, 2.75) is 36.6 Å². The van der Waals surface area contributed by atoms with Gasteiger partial charge in [-0.25, -0.2) is 13.1 Å². The Morgan fingerprint density at radius 2 is 2.10 bits per heavy atom. The summed E-state index contributed by atoms with van der Waals surface area (Å²) < 4.78 is 33.8. The van der Waals surface area contributed by atoms with Crippen molar-refractivity contribution in [3.63, 3.8) is 0 Å². The highest BCUT2D eigenvalue weighted by Crippen LogP contribution is 2.44. The van der Waals surface area contributed by atoms with Crippen LogP contribution in [0.1, 0.15) is 25.7 Å². The van der Waals surface area contributed by atoms with Crippen LogP contribution < -0.4 is 9.46 Å². The minimum atomic E-state index is -3.42. The normalized spacial score (nSPS) is 28.8. The van der Waals surface area contributed by atoms with Gasteiger partial charge in [0.2, 0.25) is 10.0 Å². The molecule has 4 nitrogen and oxygen atoms in total. The Balaban J connectivity index is 1.79. The van der Waals surface area contributed by atoms with Gasteiger partial charge in [0.25, 0.3) is 0 Å². The van der Waals surface area contributed by atoms with Crippen LogP contribution in [0.2, 0.25) is 0 Å². The molecule has 20 heavy (non-hydrogen) atoms. The Bertz CT molecular complexity index is 617. The third-order valence-electron chi connectivity index (χ3n) is 4.48. The molecule has 3 rings (SSSR count). The van der Waals surface area contributed by atoms with Gasteiger partial charge in [-0.15, -0.1) is 0 Å². The Morgan fingerprint density at radius 3 is 2.65 bits per heavy atom. The first kappa shape index (κ1) is 14.6. The summed E-state index contributed by atoms with van der Waals surface area (Å²) >= 11 is 2.09. The van der Waals surface area contributed by atoms with Crippen molar-refractivity contribution in [2.75, 3.05) is 7.11 Å². The fourth-order valence-corrected chi connectivity index (χ4v) is 5.76. The molecule has 0 spiro atoms. The van der Waals surface area contributed by atoms with Gasteiger partial charge >= 0.3 is 0 Å². The lowest BCUT2D eigenvalue weighted by Gasteiger charge is -2.22. The maximum atomic E-state index is 12.5. The summed E-state index contributed by atoms with van der Waals surface area (Å²) in [7, 11) is -1.84. The Kier molecular flexibility index (Phi) is 3.98. The molecule has 0 aliphatic heterocycles. The number of hydrogen-bond acceptors (Lipinski definition) is 3. The zero-order valence-electron chi connectivity index (χ0n) is 11.3. The van der Waals surface area contributed by atoms with Crippen LogP contribution in [-0.4, -0.2) is 21.6 Å². The molecule has 2 fully saturated rings. The van der Waals surface area contributed by atoms with Crippen LogP contribution in [0.15, 0.2) is 23.1 Å². The average Bonchev–Trinajstić information content (AvgIpc) is 3.00. The zero-order valence-corrected chi connectivity index (χ0v) is 14.3. The molecule has 0 heterocycles. The molecule has 1 aromatic carbocycles. The first-order valence-corrected chi connectivity index (χ1v) is 9.41. The van der Waals surface area contributed by atoms with E-state index in [1.165, 1.54) is 12.8 Å².